The number of hydrogen-bond donors (Lipinski definition) is 1. The Morgan fingerprint density at radius 1 is 1.14 bits per heavy atom. The minimum Gasteiger partial charge on any atom is -0.351 e. The molecule has 2 aromatic rings. The summed E-state index contributed by atoms with van der Waals surface area (Å²) >= 11 is 6.32. The lowest BCUT2D eigenvalue weighted by Crippen LogP contribution is -2.50. The van der Waals surface area contributed by atoms with E-state index < -0.39 is 6.04 Å². The molecule has 0 saturated heterocycles. The van der Waals surface area contributed by atoms with Crippen LogP contribution < -0.4 is 5.32 Å². The maximum Gasteiger partial charge on any atom is 0.249 e. The Morgan fingerprint density at radius 3 is 2.64 bits per heavy atom. The molecule has 0 radical (unpaired) electrons. The minimum absolute atomic E-state index is 0.0685. The van der Waals surface area contributed by atoms with Crippen LogP contribution in [0.25, 0.3) is 0 Å². The molecule has 1 aromatic heterocycles. The largest absolute Gasteiger partial charge is 0.351 e. The van der Waals surface area contributed by atoms with Gasteiger partial charge in [-0.1, -0.05) is 36.7 Å². The Bertz CT molecular complexity index is 870. The van der Waals surface area contributed by atoms with Gasteiger partial charge in [0.1, 0.15) is 6.54 Å². The molecule has 1 aliphatic carbocycles. The maximum atomic E-state index is 13.3. The topological polar surface area (TPSA) is 54.3 Å². The zero-order valence-electron chi connectivity index (χ0n) is 16.1. The van der Waals surface area contributed by atoms with E-state index in [4.69, 9.17) is 11.6 Å². The van der Waals surface area contributed by atoms with Crippen molar-refractivity contribution in [3.63, 3.8) is 0 Å². The minimum atomic E-state index is -0.633. The third-order valence-corrected chi connectivity index (χ3v) is 6.36. The molecule has 0 unspecified atom stereocenters. The van der Waals surface area contributed by atoms with E-state index in [0.29, 0.717) is 11.6 Å². The number of hydrogen-bond acceptors (Lipinski definition) is 2. The summed E-state index contributed by atoms with van der Waals surface area (Å²) in [5, 5.41) is 3.82. The molecule has 0 spiro atoms. The van der Waals surface area contributed by atoms with E-state index >= 15 is 0 Å². The fraction of sp³-hybridized carbons (Fsp3) is 0.455. The molecular weight excluding hydrogens is 374 g/mol. The predicted octanol–water partition coefficient (Wildman–Crippen LogP) is 3.92. The molecule has 2 amide bonds. The number of benzene rings is 1. The van der Waals surface area contributed by atoms with Crippen LogP contribution in [0.1, 0.15) is 49.9 Å². The van der Waals surface area contributed by atoms with Crippen LogP contribution in [0.15, 0.2) is 42.6 Å². The molecule has 0 bridgehead atoms. The Hall–Kier alpha value is -2.27. The second-order valence-corrected chi connectivity index (χ2v) is 8.45. The van der Waals surface area contributed by atoms with Crippen molar-refractivity contribution in [1.82, 2.24) is 14.8 Å². The smallest absolute Gasteiger partial charge is 0.249 e. The van der Waals surface area contributed by atoms with Crippen LogP contribution in [-0.2, 0) is 22.7 Å². The Labute approximate surface area is 170 Å². The van der Waals surface area contributed by atoms with E-state index in [1.165, 1.54) is 0 Å². The van der Waals surface area contributed by atoms with Gasteiger partial charge in [-0.05, 0) is 55.4 Å². The molecule has 2 heterocycles. The van der Waals surface area contributed by atoms with Crippen molar-refractivity contribution >= 4 is 23.4 Å². The monoisotopic (exact) mass is 399 g/mol. The van der Waals surface area contributed by atoms with Crippen LogP contribution in [0.2, 0.25) is 5.02 Å². The third kappa shape index (κ3) is 3.81. The SMILES string of the molecule is CC1CCC(NC(=O)[C@H]2c3cccn3CC(=O)N2Cc2ccccc2Cl)CC1. The van der Waals surface area contributed by atoms with Gasteiger partial charge in [0.05, 0.1) is 5.69 Å². The molecule has 1 aromatic carbocycles. The third-order valence-electron chi connectivity index (χ3n) is 5.99. The summed E-state index contributed by atoms with van der Waals surface area (Å²) in [5.74, 6) is 0.555. The average molecular weight is 400 g/mol. The van der Waals surface area contributed by atoms with Crippen molar-refractivity contribution in [3.8, 4) is 0 Å². The molecule has 148 valence electrons. The van der Waals surface area contributed by atoms with E-state index in [-0.39, 0.29) is 24.4 Å². The van der Waals surface area contributed by atoms with Gasteiger partial charge in [-0.15, -0.1) is 0 Å². The molecule has 1 atom stereocenters. The highest BCUT2D eigenvalue weighted by molar-refractivity contribution is 6.31. The second kappa shape index (κ2) is 8.00. The van der Waals surface area contributed by atoms with E-state index in [1.807, 2.05) is 47.2 Å². The van der Waals surface area contributed by atoms with Crippen molar-refractivity contribution in [2.24, 2.45) is 5.92 Å². The first kappa shape index (κ1) is 19.1. The highest BCUT2D eigenvalue weighted by atomic mass is 35.5. The fourth-order valence-corrected chi connectivity index (χ4v) is 4.51. The van der Waals surface area contributed by atoms with Gasteiger partial charge in [0, 0.05) is 23.8 Å². The van der Waals surface area contributed by atoms with Crippen molar-refractivity contribution in [1.29, 1.82) is 0 Å². The highest BCUT2D eigenvalue weighted by Gasteiger charge is 2.38. The van der Waals surface area contributed by atoms with Crippen molar-refractivity contribution in [2.45, 2.75) is 57.8 Å². The maximum absolute atomic E-state index is 13.3. The van der Waals surface area contributed by atoms with Gasteiger partial charge in [0.15, 0.2) is 6.04 Å². The molecule has 4 rings (SSSR count). The van der Waals surface area contributed by atoms with Gasteiger partial charge >= 0.3 is 0 Å². The fourth-order valence-electron chi connectivity index (χ4n) is 4.31. The number of fused-ring (bicyclic) bond motifs is 1. The summed E-state index contributed by atoms with van der Waals surface area (Å²) in [5.41, 5.74) is 1.70. The normalized spacial score (nSPS) is 24.7. The van der Waals surface area contributed by atoms with Gasteiger partial charge in [-0.25, -0.2) is 0 Å². The van der Waals surface area contributed by atoms with Gasteiger partial charge in [-0.3, -0.25) is 9.59 Å². The van der Waals surface area contributed by atoms with Gasteiger partial charge in [0.2, 0.25) is 11.8 Å². The molecule has 6 heteroatoms. The Kier molecular flexibility index (Phi) is 5.44. The number of carbonyl (C=O) groups excluding carboxylic acids is 2. The zero-order chi connectivity index (χ0) is 19.7. The average Bonchev–Trinajstić information content (AvgIpc) is 3.13. The molecule has 2 aliphatic rings. The number of halogens is 1. The molecular formula is C22H26ClN3O2. The number of carbonyl (C=O) groups is 2. The van der Waals surface area contributed by atoms with E-state index in [9.17, 15) is 9.59 Å². The van der Waals surface area contributed by atoms with E-state index in [0.717, 1.165) is 42.9 Å². The van der Waals surface area contributed by atoms with Gasteiger partial charge in [0.25, 0.3) is 0 Å². The standard InChI is InChI=1S/C22H26ClN3O2/c1-15-8-10-17(11-9-15)24-22(28)21-19-7-4-12-25(19)14-20(27)26(21)13-16-5-2-3-6-18(16)23/h2-7,12,15,17,21H,8-11,13-14H2,1H3,(H,24,28)/t15?,17?,21-/m1/s1. The first-order valence-electron chi connectivity index (χ1n) is 10.0. The Morgan fingerprint density at radius 2 is 1.89 bits per heavy atom. The summed E-state index contributed by atoms with van der Waals surface area (Å²) < 4.78 is 1.87. The van der Waals surface area contributed by atoms with Crippen LogP contribution in [0, 0.1) is 5.92 Å². The van der Waals surface area contributed by atoms with Crippen molar-refractivity contribution in [3.05, 3.63) is 58.9 Å². The zero-order valence-corrected chi connectivity index (χ0v) is 16.9. The summed E-state index contributed by atoms with van der Waals surface area (Å²) in [4.78, 5) is 27.9. The quantitative estimate of drug-likeness (QED) is 0.847. The molecule has 28 heavy (non-hydrogen) atoms. The van der Waals surface area contributed by atoms with Crippen LogP contribution in [0.4, 0.5) is 0 Å². The highest BCUT2D eigenvalue weighted by Crippen LogP contribution is 2.31. The molecule has 1 aliphatic heterocycles. The molecule has 1 fully saturated rings. The number of nitrogens with one attached hydrogen (secondary N) is 1. The first-order valence-corrected chi connectivity index (χ1v) is 10.4. The molecule has 1 saturated carbocycles. The summed E-state index contributed by atoms with van der Waals surface area (Å²) in [6.45, 7) is 2.83. The second-order valence-electron chi connectivity index (χ2n) is 8.04. The number of aromatic nitrogens is 1. The summed E-state index contributed by atoms with van der Waals surface area (Å²) in [6, 6.07) is 10.9. The van der Waals surface area contributed by atoms with E-state index in [2.05, 4.69) is 12.2 Å². The van der Waals surface area contributed by atoms with Crippen LogP contribution in [-0.4, -0.2) is 27.3 Å². The first-order chi connectivity index (χ1) is 13.5. The van der Waals surface area contributed by atoms with E-state index in [1.54, 1.807) is 4.90 Å². The summed E-state index contributed by atoms with van der Waals surface area (Å²) in [6.07, 6.45) is 6.13. The summed E-state index contributed by atoms with van der Waals surface area (Å²) in [7, 11) is 0. The number of nitrogens with zero attached hydrogens (tertiary/aromatic N) is 2. The Balaban J connectivity index is 1.59. The molecule has 5 nitrogen and oxygen atoms in total. The van der Waals surface area contributed by atoms with Crippen LogP contribution in [0.3, 0.4) is 0 Å². The van der Waals surface area contributed by atoms with Crippen LogP contribution in [0.5, 0.6) is 0 Å². The lowest BCUT2D eigenvalue weighted by Gasteiger charge is -2.37. The van der Waals surface area contributed by atoms with Gasteiger partial charge in [-0.2, -0.15) is 0 Å². The predicted molar refractivity (Wildman–Crippen MR) is 109 cm³/mol. The van der Waals surface area contributed by atoms with Crippen LogP contribution >= 0.6 is 11.6 Å². The molecule has 1 N–H and O–H groups in total. The number of amides is 2. The van der Waals surface area contributed by atoms with Crippen molar-refractivity contribution < 1.29 is 9.59 Å². The van der Waals surface area contributed by atoms with Gasteiger partial charge < -0.3 is 14.8 Å². The van der Waals surface area contributed by atoms with Crippen molar-refractivity contribution in [2.75, 3.05) is 0 Å². The lowest BCUT2D eigenvalue weighted by molar-refractivity contribution is -0.144. The lowest BCUT2D eigenvalue weighted by atomic mass is 9.87. The number of rotatable bonds is 4.